The molecular weight excluding hydrogens is 362 g/mol. The third-order valence-electron chi connectivity index (χ3n) is 5.41. The molecule has 1 atom stereocenters. The molecule has 1 aliphatic heterocycles. The van der Waals surface area contributed by atoms with E-state index in [4.69, 9.17) is 5.73 Å². The Morgan fingerprint density at radius 1 is 1.36 bits per heavy atom. The molecule has 0 unspecified atom stereocenters. The van der Waals surface area contributed by atoms with Crippen LogP contribution in [0, 0.1) is 0 Å². The molecule has 3 heterocycles. The zero-order valence-corrected chi connectivity index (χ0v) is 15.1. The molecule has 5 N–H and O–H groups in total. The summed E-state index contributed by atoms with van der Waals surface area (Å²) >= 11 is 0. The second kappa shape index (κ2) is 6.15. The summed E-state index contributed by atoms with van der Waals surface area (Å²) in [4.78, 5) is 29.3. The lowest BCUT2D eigenvalue weighted by Crippen LogP contribution is -2.39. The summed E-state index contributed by atoms with van der Waals surface area (Å²) in [6, 6.07) is 8.65. The minimum Gasteiger partial charge on any atom is -0.479 e. The van der Waals surface area contributed by atoms with Crippen molar-refractivity contribution in [1.29, 1.82) is 0 Å². The normalized spacial score (nSPS) is 14.5. The smallest absolute Gasteiger partial charge is 0.340 e. The van der Waals surface area contributed by atoms with E-state index in [0.717, 1.165) is 10.9 Å². The highest BCUT2D eigenvalue weighted by Crippen LogP contribution is 2.36. The summed E-state index contributed by atoms with van der Waals surface area (Å²) in [5, 5.41) is 30.7. The highest BCUT2D eigenvalue weighted by Gasteiger charge is 2.40. The molecular formula is C20H19N3O5. The van der Waals surface area contributed by atoms with Crippen LogP contribution in [0.2, 0.25) is 0 Å². The average Bonchev–Trinajstić information content (AvgIpc) is 3.04. The van der Waals surface area contributed by atoms with Gasteiger partial charge in [0.1, 0.15) is 0 Å². The quantitative estimate of drug-likeness (QED) is 0.389. The van der Waals surface area contributed by atoms with Crippen molar-refractivity contribution in [2.45, 2.75) is 32.1 Å². The molecule has 8 nitrogen and oxygen atoms in total. The molecule has 28 heavy (non-hydrogen) atoms. The van der Waals surface area contributed by atoms with Gasteiger partial charge in [-0.1, -0.05) is 13.0 Å². The number of carboxylic acid groups (broad SMARTS) is 1. The van der Waals surface area contributed by atoms with Crippen LogP contribution in [0.15, 0.2) is 35.1 Å². The van der Waals surface area contributed by atoms with Gasteiger partial charge in [-0.25, -0.2) is 9.78 Å². The molecule has 3 aromatic rings. The first-order valence-corrected chi connectivity index (χ1v) is 8.84. The van der Waals surface area contributed by atoms with Crippen LogP contribution in [-0.4, -0.2) is 30.8 Å². The molecule has 0 bridgehead atoms. The summed E-state index contributed by atoms with van der Waals surface area (Å²) in [5.41, 5.74) is 5.88. The molecule has 0 aliphatic carbocycles. The summed E-state index contributed by atoms with van der Waals surface area (Å²) in [6.45, 7) is 1.05. The number of carboxylic acids is 1. The maximum atomic E-state index is 13.0. The molecule has 1 aromatic carbocycles. The summed E-state index contributed by atoms with van der Waals surface area (Å²) < 4.78 is 1.43. The standard InChI is InChI=1S/C20H19N3O5/c1-2-20(28,19(26)27)13-7-16-17-10(8-23(16)18(25)12(13)9-24)6-11-14(21)4-3-5-15(11)22-17/h3-7,24,28H,2,8-9,21H2,1H3,(H,26,27)/t20-/m1/s1. The van der Waals surface area contributed by atoms with Gasteiger partial charge in [0, 0.05) is 27.8 Å². The number of aliphatic carboxylic acids is 1. The van der Waals surface area contributed by atoms with Crippen LogP contribution in [0.25, 0.3) is 22.3 Å². The monoisotopic (exact) mass is 381 g/mol. The number of hydrogen-bond donors (Lipinski definition) is 4. The maximum absolute atomic E-state index is 13.0. The first-order valence-electron chi connectivity index (χ1n) is 8.84. The van der Waals surface area contributed by atoms with Gasteiger partial charge >= 0.3 is 5.97 Å². The molecule has 0 saturated carbocycles. The van der Waals surface area contributed by atoms with Crippen LogP contribution in [0.1, 0.15) is 30.0 Å². The fourth-order valence-corrected chi connectivity index (χ4v) is 3.79. The highest BCUT2D eigenvalue weighted by molar-refractivity contribution is 5.93. The van der Waals surface area contributed by atoms with Gasteiger partial charge in [0.25, 0.3) is 5.56 Å². The van der Waals surface area contributed by atoms with Crippen LogP contribution < -0.4 is 11.3 Å². The molecule has 1 aliphatic rings. The van der Waals surface area contributed by atoms with Gasteiger partial charge in [0.2, 0.25) is 0 Å². The van der Waals surface area contributed by atoms with Crippen LogP contribution in [0.3, 0.4) is 0 Å². The Bertz CT molecular complexity index is 1200. The van der Waals surface area contributed by atoms with Crippen molar-refractivity contribution in [3.05, 3.63) is 57.4 Å². The van der Waals surface area contributed by atoms with E-state index in [1.54, 1.807) is 18.2 Å². The lowest BCUT2D eigenvalue weighted by atomic mass is 9.87. The fourth-order valence-electron chi connectivity index (χ4n) is 3.79. The third-order valence-corrected chi connectivity index (χ3v) is 5.41. The number of rotatable bonds is 4. The third kappa shape index (κ3) is 2.35. The Hall–Kier alpha value is -3.23. The Morgan fingerprint density at radius 3 is 2.75 bits per heavy atom. The number of nitrogens with two attached hydrogens (primary N) is 1. The molecule has 144 valence electrons. The number of pyridine rings is 2. The Kier molecular flexibility index (Phi) is 3.99. The SMILES string of the molecule is CC[C@](O)(C(=O)O)c1cc2n(c(=O)c1CO)Cc1cc3c(N)cccc3nc1-2. The number of benzene rings is 1. The lowest BCUT2D eigenvalue weighted by molar-refractivity contribution is -0.160. The Labute approximate surface area is 159 Å². The fraction of sp³-hybridized carbons (Fsp3) is 0.250. The van der Waals surface area contributed by atoms with Crippen LogP contribution in [-0.2, 0) is 23.5 Å². The second-order valence-corrected chi connectivity index (χ2v) is 6.90. The first-order chi connectivity index (χ1) is 13.3. The molecule has 2 aromatic heterocycles. The van der Waals surface area contributed by atoms with E-state index >= 15 is 0 Å². The van der Waals surface area contributed by atoms with E-state index in [0.29, 0.717) is 22.6 Å². The number of nitrogen functional groups attached to an aromatic ring is 1. The van der Waals surface area contributed by atoms with Gasteiger partial charge < -0.3 is 25.6 Å². The number of carbonyl (C=O) groups is 1. The van der Waals surface area contributed by atoms with Gasteiger partial charge in [-0.2, -0.15) is 0 Å². The second-order valence-electron chi connectivity index (χ2n) is 6.90. The number of aromatic nitrogens is 2. The van der Waals surface area contributed by atoms with Crippen LogP contribution >= 0.6 is 0 Å². The van der Waals surface area contributed by atoms with Crippen LogP contribution in [0.4, 0.5) is 5.69 Å². The van der Waals surface area contributed by atoms with Gasteiger partial charge in [0.05, 0.1) is 30.1 Å². The van der Waals surface area contributed by atoms with E-state index in [-0.39, 0.29) is 24.1 Å². The molecule has 0 spiro atoms. The number of hydrogen-bond acceptors (Lipinski definition) is 6. The minimum atomic E-state index is -2.28. The molecule has 0 fully saturated rings. The van der Waals surface area contributed by atoms with Crippen molar-refractivity contribution in [2.75, 3.05) is 5.73 Å². The first kappa shape index (κ1) is 18.1. The summed E-state index contributed by atoms with van der Waals surface area (Å²) in [5.74, 6) is -1.48. The zero-order chi connectivity index (χ0) is 20.2. The number of aliphatic hydroxyl groups excluding tert-OH is 1. The number of anilines is 1. The number of aliphatic hydroxyl groups is 2. The van der Waals surface area contributed by atoms with Crippen molar-refractivity contribution < 1.29 is 20.1 Å². The summed E-state index contributed by atoms with van der Waals surface area (Å²) in [6.07, 6.45) is -0.160. The predicted octanol–water partition coefficient (Wildman–Crippen LogP) is 1.18. The highest BCUT2D eigenvalue weighted by atomic mass is 16.4. The Balaban J connectivity index is 2.04. The van der Waals surface area contributed by atoms with Gasteiger partial charge in [0.15, 0.2) is 5.60 Å². The average molecular weight is 381 g/mol. The van der Waals surface area contributed by atoms with Crippen molar-refractivity contribution >= 4 is 22.6 Å². The summed E-state index contributed by atoms with van der Waals surface area (Å²) in [7, 11) is 0. The van der Waals surface area contributed by atoms with E-state index in [1.807, 2.05) is 6.07 Å². The van der Waals surface area contributed by atoms with Gasteiger partial charge in [-0.05, 0) is 30.7 Å². The lowest BCUT2D eigenvalue weighted by Gasteiger charge is -2.25. The van der Waals surface area contributed by atoms with Crippen molar-refractivity contribution in [3.8, 4) is 11.4 Å². The van der Waals surface area contributed by atoms with Crippen molar-refractivity contribution in [1.82, 2.24) is 9.55 Å². The molecule has 0 radical (unpaired) electrons. The predicted molar refractivity (Wildman–Crippen MR) is 103 cm³/mol. The minimum absolute atomic E-state index is 0.108. The number of nitrogens with zero attached hydrogens (tertiary/aromatic N) is 2. The van der Waals surface area contributed by atoms with E-state index in [2.05, 4.69) is 4.98 Å². The van der Waals surface area contributed by atoms with Crippen molar-refractivity contribution in [3.63, 3.8) is 0 Å². The van der Waals surface area contributed by atoms with Crippen LogP contribution in [0.5, 0.6) is 0 Å². The van der Waals surface area contributed by atoms with E-state index < -0.39 is 23.7 Å². The largest absolute Gasteiger partial charge is 0.479 e. The Morgan fingerprint density at radius 2 is 2.11 bits per heavy atom. The van der Waals surface area contributed by atoms with E-state index in [1.165, 1.54) is 17.6 Å². The maximum Gasteiger partial charge on any atom is 0.340 e. The van der Waals surface area contributed by atoms with E-state index in [9.17, 15) is 24.9 Å². The van der Waals surface area contributed by atoms with Gasteiger partial charge in [-0.3, -0.25) is 4.79 Å². The van der Waals surface area contributed by atoms with Crippen molar-refractivity contribution in [2.24, 2.45) is 0 Å². The topological polar surface area (TPSA) is 139 Å². The molecule has 4 rings (SSSR count). The number of fused-ring (bicyclic) bond motifs is 4. The van der Waals surface area contributed by atoms with Gasteiger partial charge in [-0.15, -0.1) is 0 Å². The zero-order valence-electron chi connectivity index (χ0n) is 15.1. The molecule has 0 saturated heterocycles. The molecule has 0 amide bonds. The molecule has 8 heteroatoms.